The Morgan fingerprint density at radius 1 is 1.26 bits per heavy atom. The third-order valence-corrected chi connectivity index (χ3v) is 3.57. The zero-order chi connectivity index (χ0) is 16.6. The maximum Gasteiger partial charge on any atom is 0.274 e. The van der Waals surface area contributed by atoms with Gasteiger partial charge in [0.05, 0.1) is 18.5 Å². The first-order chi connectivity index (χ1) is 11.0. The first-order valence-electron chi connectivity index (χ1n) is 7.10. The second-order valence-corrected chi connectivity index (χ2v) is 5.28. The number of pyridine rings is 1. The van der Waals surface area contributed by atoms with Gasteiger partial charge < -0.3 is 10.1 Å². The van der Waals surface area contributed by atoms with Crippen LogP contribution in [0, 0.1) is 19.7 Å². The molecule has 0 unspecified atom stereocenters. The number of halogens is 1. The lowest BCUT2D eigenvalue weighted by Crippen LogP contribution is -2.16. The Kier molecular flexibility index (Phi) is 3.73. The maximum atomic E-state index is 13.5. The Labute approximate surface area is 132 Å². The number of hydrogen-bond donors (Lipinski definition) is 1. The number of rotatable bonds is 3. The summed E-state index contributed by atoms with van der Waals surface area (Å²) in [6, 6.07) is 8.34. The number of carbonyl (C=O) groups is 1. The highest BCUT2D eigenvalue weighted by Crippen LogP contribution is 2.26. The van der Waals surface area contributed by atoms with Crippen molar-refractivity contribution < 1.29 is 13.9 Å². The van der Waals surface area contributed by atoms with Crippen molar-refractivity contribution in [2.45, 2.75) is 13.8 Å². The summed E-state index contributed by atoms with van der Waals surface area (Å²) >= 11 is 0. The molecule has 1 amide bonds. The van der Waals surface area contributed by atoms with Crippen LogP contribution in [0.25, 0.3) is 5.65 Å². The summed E-state index contributed by atoms with van der Waals surface area (Å²) in [6.07, 6.45) is 1.25. The highest BCUT2D eigenvalue weighted by Gasteiger charge is 2.18. The molecule has 0 fully saturated rings. The second-order valence-electron chi connectivity index (χ2n) is 5.28. The summed E-state index contributed by atoms with van der Waals surface area (Å²) in [4.78, 5) is 16.9. The van der Waals surface area contributed by atoms with Gasteiger partial charge in [0.1, 0.15) is 22.9 Å². The van der Waals surface area contributed by atoms with Crippen molar-refractivity contribution in [1.82, 2.24) is 9.38 Å². The molecule has 2 aromatic heterocycles. The van der Waals surface area contributed by atoms with Gasteiger partial charge in [0.25, 0.3) is 5.91 Å². The van der Waals surface area contributed by atoms with Gasteiger partial charge in [0, 0.05) is 6.20 Å². The van der Waals surface area contributed by atoms with Crippen LogP contribution < -0.4 is 10.1 Å². The summed E-state index contributed by atoms with van der Waals surface area (Å²) in [5, 5.41) is 2.81. The highest BCUT2D eigenvalue weighted by molar-refractivity contribution is 6.05. The average molecular weight is 313 g/mol. The second kappa shape index (κ2) is 5.72. The minimum atomic E-state index is -0.433. The number of benzene rings is 1. The van der Waals surface area contributed by atoms with Crippen LogP contribution in [0.2, 0.25) is 0 Å². The molecule has 3 aromatic rings. The van der Waals surface area contributed by atoms with Gasteiger partial charge in [-0.25, -0.2) is 9.37 Å². The fourth-order valence-electron chi connectivity index (χ4n) is 2.51. The minimum absolute atomic E-state index is 0.294. The molecule has 5 nitrogen and oxygen atoms in total. The number of hydrogen-bond acceptors (Lipinski definition) is 3. The predicted molar refractivity (Wildman–Crippen MR) is 85.6 cm³/mol. The van der Waals surface area contributed by atoms with Crippen LogP contribution in [0.4, 0.5) is 10.1 Å². The van der Waals surface area contributed by atoms with Gasteiger partial charge in [-0.05, 0) is 43.7 Å². The molecule has 1 aromatic carbocycles. The smallest absolute Gasteiger partial charge is 0.274 e. The van der Waals surface area contributed by atoms with Crippen LogP contribution in [0.1, 0.15) is 21.7 Å². The number of fused-ring (bicyclic) bond motifs is 1. The van der Waals surface area contributed by atoms with E-state index in [1.54, 1.807) is 13.0 Å². The van der Waals surface area contributed by atoms with Crippen molar-refractivity contribution in [3.8, 4) is 5.75 Å². The minimum Gasteiger partial charge on any atom is -0.495 e. The van der Waals surface area contributed by atoms with E-state index in [-0.39, 0.29) is 5.91 Å². The lowest BCUT2D eigenvalue weighted by Gasteiger charge is -2.11. The molecule has 0 aliphatic heterocycles. The molecule has 3 rings (SSSR count). The topological polar surface area (TPSA) is 55.6 Å². The summed E-state index contributed by atoms with van der Waals surface area (Å²) in [5.74, 6) is -0.247. The van der Waals surface area contributed by atoms with E-state index < -0.39 is 5.82 Å². The number of amides is 1. The molecule has 0 spiro atoms. The molecule has 0 aliphatic carbocycles. The van der Waals surface area contributed by atoms with E-state index >= 15 is 0 Å². The molecule has 6 heteroatoms. The number of aryl methyl sites for hydroxylation is 2. The number of ether oxygens (including phenoxy) is 1. The average Bonchev–Trinajstić information content (AvgIpc) is 2.82. The molecule has 118 valence electrons. The van der Waals surface area contributed by atoms with Crippen molar-refractivity contribution in [3.63, 3.8) is 0 Å². The first kappa shape index (κ1) is 15.0. The molecular formula is C17H16FN3O2. The molecule has 0 bridgehead atoms. The standard InChI is InChI=1S/C17H16FN3O2/c1-10-4-6-14(23-3)13(8-10)20-17(22)16-11(2)19-15-7-5-12(18)9-21(15)16/h4-9H,1-3H3,(H,20,22). The number of imidazole rings is 1. The third kappa shape index (κ3) is 2.75. The van der Waals surface area contributed by atoms with Crippen LogP contribution in [0.15, 0.2) is 36.5 Å². The summed E-state index contributed by atoms with van der Waals surface area (Å²) in [5.41, 5.74) is 2.89. The zero-order valence-corrected chi connectivity index (χ0v) is 13.1. The molecule has 0 atom stereocenters. The van der Waals surface area contributed by atoms with Gasteiger partial charge in [-0.15, -0.1) is 0 Å². The normalized spacial score (nSPS) is 10.8. The van der Waals surface area contributed by atoms with Crippen LogP contribution in [0.3, 0.4) is 0 Å². The number of methoxy groups -OCH3 is 1. The molecule has 1 N–H and O–H groups in total. The number of nitrogens with zero attached hydrogens (tertiary/aromatic N) is 2. The molecule has 23 heavy (non-hydrogen) atoms. The fourth-order valence-corrected chi connectivity index (χ4v) is 2.51. The van der Waals surface area contributed by atoms with Gasteiger partial charge in [-0.2, -0.15) is 0 Å². The fraction of sp³-hybridized carbons (Fsp3) is 0.176. The summed E-state index contributed by atoms with van der Waals surface area (Å²) in [7, 11) is 1.54. The Morgan fingerprint density at radius 2 is 2.04 bits per heavy atom. The van der Waals surface area contributed by atoms with E-state index in [1.165, 1.54) is 29.8 Å². The monoisotopic (exact) mass is 313 g/mol. The van der Waals surface area contributed by atoms with Gasteiger partial charge in [-0.1, -0.05) is 6.07 Å². The van der Waals surface area contributed by atoms with E-state index in [2.05, 4.69) is 10.3 Å². The quantitative estimate of drug-likeness (QED) is 0.807. The van der Waals surface area contributed by atoms with E-state index in [0.29, 0.717) is 28.5 Å². The van der Waals surface area contributed by atoms with Crippen LogP contribution >= 0.6 is 0 Å². The molecular weight excluding hydrogens is 297 g/mol. The van der Waals surface area contributed by atoms with Crippen molar-refractivity contribution in [2.24, 2.45) is 0 Å². The van der Waals surface area contributed by atoms with E-state index in [0.717, 1.165) is 5.56 Å². The first-order valence-corrected chi connectivity index (χ1v) is 7.10. The maximum absolute atomic E-state index is 13.5. The number of anilines is 1. The van der Waals surface area contributed by atoms with Gasteiger partial charge in [0.15, 0.2) is 0 Å². The van der Waals surface area contributed by atoms with Crippen LogP contribution in [-0.2, 0) is 0 Å². The Morgan fingerprint density at radius 3 is 2.78 bits per heavy atom. The van der Waals surface area contributed by atoms with Crippen molar-refractivity contribution in [3.05, 3.63) is 59.3 Å². The largest absolute Gasteiger partial charge is 0.495 e. The Bertz CT molecular complexity index is 902. The van der Waals surface area contributed by atoms with Crippen LogP contribution in [0.5, 0.6) is 5.75 Å². The van der Waals surface area contributed by atoms with E-state index in [9.17, 15) is 9.18 Å². The van der Waals surface area contributed by atoms with Crippen molar-refractivity contribution in [1.29, 1.82) is 0 Å². The summed E-state index contributed by atoms with van der Waals surface area (Å²) in [6.45, 7) is 3.64. The van der Waals surface area contributed by atoms with Crippen LogP contribution in [-0.4, -0.2) is 22.4 Å². The Hall–Kier alpha value is -2.89. The Balaban J connectivity index is 2.03. The molecule has 0 aliphatic rings. The SMILES string of the molecule is COc1ccc(C)cc1NC(=O)c1c(C)nc2ccc(F)cn12. The van der Waals surface area contributed by atoms with Gasteiger partial charge in [-0.3, -0.25) is 9.20 Å². The lowest BCUT2D eigenvalue weighted by atomic mass is 10.2. The number of carbonyl (C=O) groups excluding carboxylic acids is 1. The van der Waals surface area contributed by atoms with Gasteiger partial charge in [0.2, 0.25) is 0 Å². The predicted octanol–water partition coefficient (Wildman–Crippen LogP) is 3.35. The van der Waals surface area contributed by atoms with Gasteiger partial charge >= 0.3 is 0 Å². The third-order valence-electron chi connectivity index (χ3n) is 3.57. The van der Waals surface area contributed by atoms with Crippen molar-refractivity contribution in [2.75, 3.05) is 12.4 Å². The molecule has 2 heterocycles. The number of nitrogens with one attached hydrogen (secondary N) is 1. The lowest BCUT2D eigenvalue weighted by molar-refractivity contribution is 0.102. The van der Waals surface area contributed by atoms with Crippen molar-refractivity contribution >= 4 is 17.2 Å². The van der Waals surface area contributed by atoms with E-state index in [1.807, 2.05) is 19.1 Å². The summed E-state index contributed by atoms with van der Waals surface area (Å²) < 4.78 is 20.2. The number of aromatic nitrogens is 2. The highest BCUT2D eigenvalue weighted by atomic mass is 19.1. The van der Waals surface area contributed by atoms with E-state index in [4.69, 9.17) is 4.74 Å². The molecule has 0 saturated heterocycles. The molecule has 0 radical (unpaired) electrons. The zero-order valence-electron chi connectivity index (χ0n) is 13.1. The molecule has 0 saturated carbocycles.